The van der Waals surface area contributed by atoms with Crippen molar-refractivity contribution in [2.45, 2.75) is 17.7 Å². The molecule has 10 heteroatoms. The standard InChI is InChI=1S/C18H21ClFN5O2S/c19-15-13-14(3-4-16(15)20)28(26,27)25-11-9-24(10-12-25)18-6-5-17(21-22-18)23-7-1-2-8-23/h3-6,13H,1-2,7-12H2. The summed E-state index contributed by atoms with van der Waals surface area (Å²) in [6.07, 6.45) is 2.36. The van der Waals surface area contributed by atoms with Crippen molar-refractivity contribution in [3.8, 4) is 0 Å². The Bertz CT molecular complexity index is 943. The first-order valence-electron chi connectivity index (χ1n) is 9.24. The van der Waals surface area contributed by atoms with Gasteiger partial charge >= 0.3 is 0 Å². The Balaban J connectivity index is 1.41. The fourth-order valence-corrected chi connectivity index (χ4v) is 5.24. The van der Waals surface area contributed by atoms with Crippen molar-refractivity contribution in [3.63, 3.8) is 0 Å². The highest BCUT2D eigenvalue weighted by Crippen LogP contribution is 2.24. The number of sulfonamides is 1. The van der Waals surface area contributed by atoms with E-state index in [1.807, 2.05) is 17.0 Å². The molecule has 150 valence electrons. The second kappa shape index (κ2) is 7.81. The molecule has 1 aromatic carbocycles. The number of hydrogen-bond acceptors (Lipinski definition) is 6. The minimum absolute atomic E-state index is 0.00195. The Morgan fingerprint density at radius 3 is 1.96 bits per heavy atom. The fourth-order valence-electron chi connectivity index (χ4n) is 3.55. The molecule has 0 bridgehead atoms. The lowest BCUT2D eigenvalue weighted by Gasteiger charge is -2.34. The average Bonchev–Trinajstić information content (AvgIpc) is 3.25. The van der Waals surface area contributed by atoms with Gasteiger partial charge in [-0.05, 0) is 43.2 Å². The summed E-state index contributed by atoms with van der Waals surface area (Å²) in [5.74, 6) is 0.988. The van der Waals surface area contributed by atoms with E-state index in [-0.39, 0.29) is 9.92 Å². The van der Waals surface area contributed by atoms with Crippen molar-refractivity contribution in [2.24, 2.45) is 0 Å². The SMILES string of the molecule is O=S(=O)(c1ccc(F)c(Cl)c1)N1CCN(c2ccc(N3CCCC3)nn2)CC1. The van der Waals surface area contributed by atoms with Gasteiger partial charge in [-0.15, -0.1) is 10.2 Å². The average molecular weight is 426 g/mol. The Hall–Kier alpha value is -1.97. The number of rotatable bonds is 4. The van der Waals surface area contributed by atoms with Gasteiger partial charge in [-0.1, -0.05) is 11.6 Å². The van der Waals surface area contributed by atoms with Crippen molar-refractivity contribution in [2.75, 3.05) is 49.1 Å². The third-order valence-electron chi connectivity index (χ3n) is 5.16. The van der Waals surface area contributed by atoms with Crippen molar-refractivity contribution in [1.29, 1.82) is 0 Å². The van der Waals surface area contributed by atoms with Gasteiger partial charge in [-0.25, -0.2) is 12.8 Å². The first-order valence-corrected chi connectivity index (χ1v) is 11.1. The van der Waals surface area contributed by atoms with E-state index < -0.39 is 15.8 Å². The van der Waals surface area contributed by atoms with Gasteiger partial charge in [-0.2, -0.15) is 4.31 Å². The summed E-state index contributed by atoms with van der Waals surface area (Å²) in [6.45, 7) is 3.66. The molecule has 1 aromatic heterocycles. The van der Waals surface area contributed by atoms with E-state index in [1.165, 1.54) is 23.2 Å². The molecule has 7 nitrogen and oxygen atoms in total. The van der Waals surface area contributed by atoms with E-state index in [9.17, 15) is 12.8 Å². The fraction of sp³-hybridized carbons (Fsp3) is 0.444. The Labute approximate surface area is 168 Å². The molecule has 0 radical (unpaired) electrons. The first-order chi connectivity index (χ1) is 13.4. The second-order valence-corrected chi connectivity index (χ2v) is 9.26. The number of piperazine rings is 1. The zero-order chi connectivity index (χ0) is 19.7. The highest BCUT2D eigenvalue weighted by molar-refractivity contribution is 7.89. The highest BCUT2D eigenvalue weighted by Gasteiger charge is 2.29. The van der Waals surface area contributed by atoms with E-state index in [4.69, 9.17) is 11.6 Å². The van der Waals surface area contributed by atoms with Gasteiger partial charge in [0.15, 0.2) is 11.6 Å². The van der Waals surface area contributed by atoms with E-state index in [1.54, 1.807) is 0 Å². The summed E-state index contributed by atoms with van der Waals surface area (Å²) >= 11 is 5.74. The van der Waals surface area contributed by atoms with E-state index >= 15 is 0 Å². The van der Waals surface area contributed by atoms with Crippen LogP contribution < -0.4 is 9.80 Å². The lowest BCUT2D eigenvalue weighted by Crippen LogP contribution is -2.49. The van der Waals surface area contributed by atoms with Crippen LogP contribution in [-0.2, 0) is 10.0 Å². The molecular formula is C18H21ClFN5O2S. The second-order valence-electron chi connectivity index (χ2n) is 6.91. The van der Waals surface area contributed by atoms with Crippen LogP contribution >= 0.6 is 11.6 Å². The van der Waals surface area contributed by atoms with Gasteiger partial charge in [0, 0.05) is 39.3 Å². The Morgan fingerprint density at radius 2 is 1.43 bits per heavy atom. The van der Waals surface area contributed by atoms with Crippen LogP contribution in [0.1, 0.15) is 12.8 Å². The lowest BCUT2D eigenvalue weighted by molar-refractivity contribution is 0.383. The number of hydrogen-bond donors (Lipinski definition) is 0. The van der Waals surface area contributed by atoms with Crippen LogP contribution in [0.15, 0.2) is 35.2 Å². The molecule has 2 saturated heterocycles. The summed E-state index contributed by atoms with van der Waals surface area (Å²) < 4.78 is 40.3. The number of halogens is 2. The molecule has 2 fully saturated rings. The predicted molar refractivity (Wildman–Crippen MR) is 106 cm³/mol. The summed E-state index contributed by atoms with van der Waals surface area (Å²) in [5, 5.41) is 8.44. The smallest absolute Gasteiger partial charge is 0.243 e. The molecule has 0 N–H and O–H groups in total. The van der Waals surface area contributed by atoms with Crippen LogP contribution in [0.5, 0.6) is 0 Å². The molecule has 2 aliphatic heterocycles. The molecule has 3 heterocycles. The molecule has 0 aliphatic carbocycles. The zero-order valence-corrected chi connectivity index (χ0v) is 16.8. The van der Waals surface area contributed by atoms with Crippen molar-refractivity contribution in [3.05, 3.63) is 41.2 Å². The molecular weight excluding hydrogens is 405 g/mol. The summed E-state index contributed by atoms with van der Waals surface area (Å²) in [5.41, 5.74) is 0. The topological polar surface area (TPSA) is 69.6 Å². The Morgan fingerprint density at radius 1 is 0.857 bits per heavy atom. The van der Waals surface area contributed by atoms with E-state index in [2.05, 4.69) is 15.1 Å². The molecule has 28 heavy (non-hydrogen) atoms. The molecule has 4 rings (SSSR count). The summed E-state index contributed by atoms with van der Waals surface area (Å²) in [6, 6.07) is 7.37. The van der Waals surface area contributed by atoms with Crippen LogP contribution in [-0.4, -0.2) is 62.2 Å². The van der Waals surface area contributed by atoms with Gasteiger partial charge in [0.05, 0.1) is 9.92 Å². The minimum atomic E-state index is -3.71. The van der Waals surface area contributed by atoms with Gasteiger partial charge in [0.1, 0.15) is 5.82 Å². The third-order valence-corrected chi connectivity index (χ3v) is 7.34. The predicted octanol–water partition coefficient (Wildman–Crippen LogP) is 2.38. The molecule has 0 unspecified atom stereocenters. The van der Waals surface area contributed by atoms with Crippen LogP contribution in [0.3, 0.4) is 0 Å². The molecule has 0 saturated carbocycles. The molecule has 0 spiro atoms. The van der Waals surface area contributed by atoms with Crippen molar-refractivity contribution >= 4 is 33.3 Å². The number of benzene rings is 1. The molecule has 0 atom stereocenters. The highest BCUT2D eigenvalue weighted by atomic mass is 35.5. The van der Waals surface area contributed by atoms with Crippen LogP contribution in [0.25, 0.3) is 0 Å². The largest absolute Gasteiger partial charge is 0.355 e. The van der Waals surface area contributed by atoms with E-state index in [0.29, 0.717) is 26.2 Å². The normalized spacial score (nSPS) is 18.6. The molecule has 2 aromatic rings. The van der Waals surface area contributed by atoms with Gasteiger partial charge in [0.2, 0.25) is 10.0 Å². The monoisotopic (exact) mass is 425 g/mol. The van der Waals surface area contributed by atoms with Crippen LogP contribution in [0.2, 0.25) is 5.02 Å². The summed E-state index contributed by atoms with van der Waals surface area (Å²) in [7, 11) is -3.71. The van der Waals surface area contributed by atoms with Crippen molar-refractivity contribution < 1.29 is 12.8 Å². The Kier molecular flexibility index (Phi) is 5.39. The lowest BCUT2D eigenvalue weighted by atomic mass is 10.3. The number of aromatic nitrogens is 2. The third kappa shape index (κ3) is 3.78. The number of anilines is 2. The maximum absolute atomic E-state index is 13.3. The maximum atomic E-state index is 13.3. The summed E-state index contributed by atoms with van der Waals surface area (Å²) in [4.78, 5) is 4.24. The maximum Gasteiger partial charge on any atom is 0.243 e. The van der Waals surface area contributed by atoms with Crippen LogP contribution in [0, 0.1) is 5.82 Å². The minimum Gasteiger partial charge on any atom is -0.355 e. The zero-order valence-electron chi connectivity index (χ0n) is 15.3. The first kappa shape index (κ1) is 19.4. The van der Waals surface area contributed by atoms with Crippen molar-refractivity contribution in [1.82, 2.24) is 14.5 Å². The van der Waals surface area contributed by atoms with Gasteiger partial charge in [0.25, 0.3) is 0 Å². The quantitative estimate of drug-likeness (QED) is 0.749. The number of nitrogens with zero attached hydrogens (tertiary/aromatic N) is 5. The van der Waals surface area contributed by atoms with E-state index in [0.717, 1.165) is 36.9 Å². The van der Waals surface area contributed by atoms with Gasteiger partial charge < -0.3 is 9.80 Å². The molecule has 0 amide bonds. The van der Waals surface area contributed by atoms with Gasteiger partial charge in [-0.3, -0.25) is 0 Å². The molecule has 2 aliphatic rings. The van der Waals surface area contributed by atoms with Crippen LogP contribution in [0.4, 0.5) is 16.0 Å².